The van der Waals surface area contributed by atoms with E-state index >= 15 is 0 Å². The summed E-state index contributed by atoms with van der Waals surface area (Å²) in [5.41, 5.74) is 0.593. The standard InChI is InChI=1S/C23H27Cl4N3O4S/c1-5-14(2)28-23(32)15(3)29(12-16-9-10-17(24)11-19(16)26)21(31)13-30(35(4,33)34)20-8-6-7-18(25)22(20)27/h6-11,14-15H,5,12-13H2,1-4H3,(H,28,32). The summed E-state index contributed by atoms with van der Waals surface area (Å²) in [6.07, 6.45) is 1.65. The van der Waals surface area contributed by atoms with Gasteiger partial charge < -0.3 is 10.2 Å². The van der Waals surface area contributed by atoms with Gasteiger partial charge >= 0.3 is 0 Å². The SMILES string of the molecule is CCC(C)NC(=O)C(C)N(Cc1ccc(Cl)cc1Cl)C(=O)CN(c1cccc(Cl)c1Cl)S(C)(=O)=O. The maximum atomic E-state index is 13.5. The smallest absolute Gasteiger partial charge is 0.244 e. The van der Waals surface area contributed by atoms with Crippen LogP contribution in [0.25, 0.3) is 0 Å². The van der Waals surface area contributed by atoms with Crippen LogP contribution in [0.5, 0.6) is 0 Å². The number of anilines is 1. The van der Waals surface area contributed by atoms with Gasteiger partial charge in [0.05, 0.1) is 22.0 Å². The van der Waals surface area contributed by atoms with E-state index in [-0.39, 0.29) is 34.2 Å². The lowest BCUT2D eigenvalue weighted by molar-refractivity contribution is -0.139. The second-order valence-corrected chi connectivity index (χ2v) is 11.6. The number of amides is 2. The Labute approximate surface area is 226 Å². The topological polar surface area (TPSA) is 86.8 Å². The van der Waals surface area contributed by atoms with Gasteiger partial charge in [-0.3, -0.25) is 13.9 Å². The van der Waals surface area contributed by atoms with Gasteiger partial charge in [-0.1, -0.05) is 65.5 Å². The molecule has 2 rings (SSSR count). The summed E-state index contributed by atoms with van der Waals surface area (Å²) in [7, 11) is -3.94. The highest BCUT2D eigenvalue weighted by Crippen LogP contribution is 2.34. The fourth-order valence-electron chi connectivity index (χ4n) is 3.16. The molecule has 0 aromatic heterocycles. The highest BCUT2D eigenvalue weighted by molar-refractivity contribution is 7.92. The number of halogens is 4. The van der Waals surface area contributed by atoms with Crippen LogP contribution in [0, 0.1) is 0 Å². The minimum atomic E-state index is -3.94. The summed E-state index contributed by atoms with van der Waals surface area (Å²) in [4.78, 5) is 27.7. The molecule has 0 bridgehead atoms. The van der Waals surface area contributed by atoms with E-state index in [1.165, 1.54) is 29.2 Å². The average molecular weight is 583 g/mol. The fraction of sp³-hybridized carbons (Fsp3) is 0.391. The quantitative estimate of drug-likeness (QED) is 0.406. The lowest BCUT2D eigenvalue weighted by Crippen LogP contribution is -2.52. The Hall–Kier alpha value is -1.71. The van der Waals surface area contributed by atoms with Crippen molar-refractivity contribution >= 4 is 73.9 Å². The van der Waals surface area contributed by atoms with Gasteiger partial charge in [0.1, 0.15) is 12.6 Å². The number of benzene rings is 2. The maximum Gasteiger partial charge on any atom is 0.244 e. The Bertz CT molecular complexity index is 1190. The van der Waals surface area contributed by atoms with Crippen LogP contribution < -0.4 is 9.62 Å². The number of rotatable bonds is 10. The maximum absolute atomic E-state index is 13.5. The molecule has 0 heterocycles. The van der Waals surface area contributed by atoms with Crippen LogP contribution in [0.4, 0.5) is 5.69 Å². The summed E-state index contributed by atoms with van der Waals surface area (Å²) in [6, 6.07) is 8.22. The van der Waals surface area contributed by atoms with E-state index in [0.717, 1.165) is 10.6 Å². The molecule has 192 valence electrons. The second-order valence-electron chi connectivity index (χ2n) is 8.09. The van der Waals surface area contributed by atoms with Crippen molar-refractivity contribution in [2.24, 2.45) is 0 Å². The molecule has 2 atom stereocenters. The molecule has 35 heavy (non-hydrogen) atoms. The third kappa shape index (κ3) is 7.89. The number of carbonyl (C=O) groups is 2. The van der Waals surface area contributed by atoms with Crippen molar-refractivity contribution < 1.29 is 18.0 Å². The zero-order chi connectivity index (χ0) is 26.5. The monoisotopic (exact) mass is 581 g/mol. The van der Waals surface area contributed by atoms with Crippen LogP contribution in [0.2, 0.25) is 20.1 Å². The van der Waals surface area contributed by atoms with Gasteiger partial charge in [-0.2, -0.15) is 0 Å². The van der Waals surface area contributed by atoms with E-state index in [1.807, 2.05) is 13.8 Å². The van der Waals surface area contributed by atoms with Crippen LogP contribution in [-0.2, 0) is 26.2 Å². The van der Waals surface area contributed by atoms with Crippen molar-refractivity contribution in [1.82, 2.24) is 10.2 Å². The van der Waals surface area contributed by atoms with Crippen molar-refractivity contribution in [2.75, 3.05) is 17.1 Å². The Morgan fingerprint density at radius 2 is 1.69 bits per heavy atom. The van der Waals surface area contributed by atoms with E-state index in [2.05, 4.69) is 5.32 Å². The van der Waals surface area contributed by atoms with Crippen molar-refractivity contribution in [3.8, 4) is 0 Å². The van der Waals surface area contributed by atoms with Gasteiger partial charge in [0.15, 0.2) is 0 Å². The van der Waals surface area contributed by atoms with Crippen molar-refractivity contribution in [2.45, 2.75) is 45.8 Å². The van der Waals surface area contributed by atoms with Gasteiger partial charge in [0.2, 0.25) is 21.8 Å². The molecular formula is C23H27Cl4N3O4S. The molecule has 0 saturated carbocycles. The van der Waals surface area contributed by atoms with Crippen molar-refractivity contribution in [3.05, 3.63) is 62.1 Å². The average Bonchev–Trinajstić information content (AvgIpc) is 2.77. The number of hydrogen-bond acceptors (Lipinski definition) is 4. The van der Waals surface area contributed by atoms with E-state index < -0.39 is 28.5 Å². The van der Waals surface area contributed by atoms with Gasteiger partial charge in [0.25, 0.3) is 0 Å². The molecule has 0 aliphatic carbocycles. The molecular weight excluding hydrogens is 556 g/mol. The molecule has 0 aliphatic rings. The minimum Gasteiger partial charge on any atom is -0.352 e. The third-order valence-corrected chi connectivity index (χ3v) is 7.93. The van der Waals surface area contributed by atoms with Crippen molar-refractivity contribution in [3.63, 3.8) is 0 Å². The zero-order valence-electron chi connectivity index (χ0n) is 19.7. The molecule has 0 aliphatic heterocycles. The Morgan fingerprint density at radius 3 is 2.26 bits per heavy atom. The molecule has 1 N–H and O–H groups in total. The first kappa shape index (κ1) is 29.5. The molecule has 2 unspecified atom stereocenters. The number of sulfonamides is 1. The molecule has 0 radical (unpaired) electrons. The Morgan fingerprint density at radius 1 is 1.03 bits per heavy atom. The normalized spacial score (nSPS) is 13.1. The predicted molar refractivity (Wildman–Crippen MR) is 143 cm³/mol. The Balaban J connectivity index is 2.47. The summed E-state index contributed by atoms with van der Waals surface area (Å²) in [6.45, 7) is 4.68. The van der Waals surface area contributed by atoms with Crippen LogP contribution >= 0.6 is 46.4 Å². The van der Waals surface area contributed by atoms with Gasteiger partial charge in [-0.25, -0.2) is 8.42 Å². The first-order chi connectivity index (χ1) is 16.3. The summed E-state index contributed by atoms with van der Waals surface area (Å²) in [5.74, 6) is -1.02. The first-order valence-electron chi connectivity index (χ1n) is 10.7. The summed E-state index contributed by atoms with van der Waals surface area (Å²) >= 11 is 24.6. The molecule has 2 aromatic carbocycles. The van der Waals surface area contributed by atoms with Gasteiger partial charge in [-0.15, -0.1) is 0 Å². The van der Waals surface area contributed by atoms with E-state index in [0.29, 0.717) is 22.0 Å². The highest BCUT2D eigenvalue weighted by atomic mass is 35.5. The Kier molecular flexibility index (Phi) is 10.5. The molecule has 7 nitrogen and oxygen atoms in total. The lowest BCUT2D eigenvalue weighted by atomic mass is 10.1. The fourth-order valence-corrected chi connectivity index (χ4v) is 4.93. The highest BCUT2D eigenvalue weighted by Gasteiger charge is 2.31. The van der Waals surface area contributed by atoms with Gasteiger partial charge in [-0.05, 0) is 50.1 Å². The minimum absolute atomic E-state index is 0.0118. The van der Waals surface area contributed by atoms with Crippen LogP contribution in [-0.4, -0.2) is 50.0 Å². The number of carbonyl (C=O) groups excluding carboxylic acids is 2. The van der Waals surface area contributed by atoms with E-state index in [4.69, 9.17) is 46.4 Å². The second kappa shape index (κ2) is 12.5. The predicted octanol–water partition coefficient (Wildman–Crippen LogP) is 5.40. The van der Waals surface area contributed by atoms with Crippen LogP contribution in [0.1, 0.15) is 32.8 Å². The molecule has 0 fully saturated rings. The third-order valence-electron chi connectivity index (χ3n) is 5.40. The summed E-state index contributed by atoms with van der Waals surface area (Å²) in [5, 5.41) is 3.70. The van der Waals surface area contributed by atoms with E-state index in [9.17, 15) is 18.0 Å². The molecule has 2 amide bonds. The number of hydrogen-bond donors (Lipinski definition) is 1. The number of nitrogens with one attached hydrogen (secondary N) is 1. The molecule has 0 spiro atoms. The van der Waals surface area contributed by atoms with Crippen LogP contribution in [0.3, 0.4) is 0 Å². The molecule has 2 aromatic rings. The zero-order valence-corrected chi connectivity index (χ0v) is 23.5. The number of nitrogens with zero attached hydrogens (tertiary/aromatic N) is 2. The lowest BCUT2D eigenvalue weighted by Gasteiger charge is -2.32. The van der Waals surface area contributed by atoms with Crippen LogP contribution in [0.15, 0.2) is 36.4 Å². The van der Waals surface area contributed by atoms with Crippen molar-refractivity contribution in [1.29, 1.82) is 0 Å². The summed E-state index contributed by atoms with van der Waals surface area (Å²) < 4.78 is 26.1. The molecule has 12 heteroatoms. The van der Waals surface area contributed by atoms with Gasteiger partial charge in [0, 0.05) is 22.6 Å². The first-order valence-corrected chi connectivity index (χ1v) is 14.1. The largest absolute Gasteiger partial charge is 0.352 e. The molecule has 0 saturated heterocycles. The van der Waals surface area contributed by atoms with E-state index in [1.54, 1.807) is 19.1 Å².